The van der Waals surface area contributed by atoms with Crippen LogP contribution in [0.2, 0.25) is 0 Å². The van der Waals surface area contributed by atoms with E-state index in [1.165, 1.54) is 35.3 Å². The van der Waals surface area contributed by atoms with Gasteiger partial charge in [0.2, 0.25) is 0 Å². The van der Waals surface area contributed by atoms with Crippen LogP contribution in [-0.2, 0) is 11.2 Å². The summed E-state index contributed by atoms with van der Waals surface area (Å²) in [5.41, 5.74) is 1.75. The number of carbonyl (C=O) groups is 1. The van der Waals surface area contributed by atoms with Crippen molar-refractivity contribution in [3.63, 3.8) is 0 Å². The van der Waals surface area contributed by atoms with E-state index in [4.69, 9.17) is 5.11 Å². The van der Waals surface area contributed by atoms with Crippen LogP contribution in [0.1, 0.15) is 5.56 Å². The molecule has 134 valence electrons. The van der Waals surface area contributed by atoms with E-state index in [9.17, 15) is 18.0 Å². The Balaban J connectivity index is 1.81. The van der Waals surface area contributed by atoms with Crippen LogP contribution in [-0.4, -0.2) is 32.2 Å². The Morgan fingerprint density at radius 3 is 2.54 bits per heavy atom. The molecule has 0 bridgehead atoms. The van der Waals surface area contributed by atoms with Crippen LogP contribution < -0.4 is 4.74 Å². The molecule has 0 radical (unpaired) electrons. The molecule has 26 heavy (non-hydrogen) atoms. The molecule has 9 heteroatoms. The number of carboxylic acids is 1. The van der Waals surface area contributed by atoms with Crippen molar-refractivity contribution < 1.29 is 27.8 Å². The predicted molar refractivity (Wildman–Crippen MR) is 84.8 cm³/mol. The van der Waals surface area contributed by atoms with Gasteiger partial charge < -0.3 is 9.84 Å². The molecule has 3 rings (SSSR count). The average Bonchev–Trinajstić information content (AvgIpc) is 3.04. The van der Waals surface area contributed by atoms with Crippen molar-refractivity contribution in [2.45, 2.75) is 12.8 Å². The molecule has 0 saturated heterocycles. The van der Waals surface area contributed by atoms with Gasteiger partial charge in [-0.1, -0.05) is 18.2 Å². The average molecular weight is 363 g/mol. The Bertz CT molecular complexity index is 921. The van der Waals surface area contributed by atoms with E-state index in [2.05, 4.69) is 14.8 Å². The molecule has 0 aliphatic carbocycles. The summed E-state index contributed by atoms with van der Waals surface area (Å²) in [4.78, 5) is 15.0. The van der Waals surface area contributed by atoms with Gasteiger partial charge in [0.15, 0.2) is 5.82 Å². The van der Waals surface area contributed by atoms with Gasteiger partial charge in [-0.15, -0.1) is 18.3 Å². The number of benzene rings is 2. The largest absolute Gasteiger partial charge is 0.573 e. The normalized spacial score (nSPS) is 11.3. The van der Waals surface area contributed by atoms with Gasteiger partial charge >= 0.3 is 12.3 Å². The summed E-state index contributed by atoms with van der Waals surface area (Å²) < 4.78 is 41.8. The van der Waals surface area contributed by atoms with Crippen LogP contribution in [0.4, 0.5) is 13.2 Å². The lowest BCUT2D eigenvalue weighted by molar-refractivity contribution is -0.274. The first-order valence-electron chi connectivity index (χ1n) is 7.39. The number of hydrogen-bond acceptors (Lipinski definition) is 4. The van der Waals surface area contributed by atoms with Crippen molar-refractivity contribution >= 4 is 5.97 Å². The summed E-state index contributed by atoms with van der Waals surface area (Å²) in [6.45, 7) is 0. The molecule has 1 heterocycles. The maximum Gasteiger partial charge on any atom is 0.573 e. The molecule has 0 atom stereocenters. The Kier molecular flexibility index (Phi) is 4.61. The molecule has 1 N–H and O–H groups in total. The van der Waals surface area contributed by atoms with Crippen molar-refractivity contribution in [1.29, 1.82) is 0 Å². The Hall–Kier alpha value is -3.36. The van der Waals surface area contributed by atoms with Gasteiger partial charge in [0.25, 0.3) is 0 Å². The van der Waals surface area contributed by atoms with Gasteiger partial charge in [-0.05, 0) is 35.9 Å². The van der Waals surface area contributed by atoms with Gasteiger partial charge in [0, 0.05) is 5.56 Å². The second-order valence-corrected chi connectivity index (χ2v) is 5.33. The number of aromatic nitrogens is 3. The third kappa shape index (κ3) is 4.38. The molecule has 0 unspecified atom stereocenters. The second kappa shape index (κ2) is 6.87. The lowest BCUT2D eigenvalue weighted by Gasteiger charge is -2.09. The summed E-state index contributed by atoms with van der Waals surface area (Å²) in [5.74, 6) is -0.905. The third-order valence-electron chi connectivity index (χ3n) is 3.37. The number of rotatable bonds is 5. The first-order valence-corrected chi connectivity index (χ1v) is 7.39. The molecule has 0 fully saturated rings. The Labute approximate surface area is 145 Å². The number of carboxylic acid groups (broad SMARTS) is 1. The maximum atomic E-state index is 12.2. The van der Waals surface area contributed by atoms with Crippen LogP contribution >= 0.6 is 0 Å². The zero-order chi connectivity index (χ0) is 18.7. The monoisotopic (exact) mass is 363 g/mol. The maximum absolute atomic E-state index is 12.2. The lowest BCUT2D eigenvalue weighted by Crippen LogP contribution is -2.17. The summed E-state index contributed by atoms with van der Waals surface area (Å²) >= 11 is 0. The minimum atomic E-state index is -4.75. The molecule has 0 amide bonds. The highest BCUT2D eigenvalue weighted by Gasteiger charge is 2.30. The van der Waals surface area contributed by atoms with Crippen LogP contribution in [0.25, 0.3) is 17.1 Å². The molecular formula is C17H12F3N3O3. The molecule has 0 saturated carbocycles. The predicted octanol–water partition coefficient (Wildman–Crippen LogP) is 3.46. The number of halogens is 3. The number of hydrogen-bond donors (Lipinski definition) is 1. The summed E-state index contributed by atoms with van der Waals surface area (Å²) in [5, 5.41) is 13.1. The van der Waals surface area contributed by atoms with Gasteiger partial charge in [0.1, 0.15) is 12.1 Å². The van der Waals surface area contributed by atoms with Crippen LogP contribution in [0.15, 0.2) is 54.9 Å². The van der Waals surface area contributed by atoms with E-state index >= 15 is 0 Å². The second-order valence-electron chi connectivity index (χ2n) is 5.33. The molecule has 3 aromatic rings. The highest BCUT2D eigenvalue weighted by atomic mass is 19.4. The highest BCUT2D eigenvalue weighted by molar-refractivity contribution is 5.71. The zero-order valence-corrected chi connectivity index (χ0v) is 13.1. The molecular weight excluding hydrogens is 351 g/mol. The fraction of sp³-hybridized carbons (Fsp3) is 0.118. The topological polar surface area (TPSA) is 77.2 Å². The van der Waals surface area contributed by atoms with Crippen LogP contribution in [0, 0.1) is 0 Å². The summed E-state index contributed by atoms with van der Waals surface area (Å²) in [6.07, 6.45) is -3.45. The van der Waals surface area contributed by atoms with Crippen molar-refractivity contribution in [3.8, 4) is 22.8 Å². The van der Waals surface area contributed by atoms with Crippen molar-refractivity contribution in [2.75, 3.05) is 0 Å². The minimum Gasteiger partial charge on any atom is -0.481 e. The lowest BCUT2D eigenvalue weighted by atomic mass is 10.1. The zero-order valence-electron chi connectivity index (χ0n) is 13.1. The van der Waals surface area contributed by atoms with Crippen molar-refractivity contribution in [2.24, 2.45) is 0 Å². The first kappa shape index (κ1) is 17.5. The highest BCUT2D eigenvalue weighted by Crippen LogP contribution is 2.24. The van der Waals surface area contributed by atoms with Crippen LogP contribution in [0.5, 0.6) is 5.75 Å². The van der Waals surface area contributed by atoms with E-state index in [-0.39, 0.29) is 12.2 Å². The van der Waals surface area contributed by atoms with E-state index in [0.29, 0.717) is 22.6 Å². The molecule has 0 aliphatic rings. The number of alkyl halides is 3. The number of nitrogens with zero attached hydrogens (tertiary/aromatic N) is 3. The Morgan fingerprint density at radius 2 is 1.88 bits per heavy atom. The van der Waals surface area contributed by atoms with E-state index < -0.39 is 12.3 Å². The standard InChI is InChI=1S/C17H12F3N3O3/c18-17(19,20)26-14-6-4-13(5-7-14)23-10-21-16(22-23)12-3-1-2-11(8-12)9-15(24)25/h1-8,10H,9H2,(H,24,25). The van der Waals surface area contributed by atoms with E-state index in [0.717, 1.165) is 0 Å². The van der Waals surface area contributed by atoms with Gasteiger partial charge in [-0.3, -0.25) is 4.79 Å². The molecule has 1 aromatic heterocycles. The fourth-order valence-electron chi connectivity index (χ4n) is 2.32. The molecule has 0 spiro atoms. The Morgan fingerprint density at radius 1 is 1.15 bits per heavy atom. The molecule has 0 aliphatic heterocycles. The SMILES string of the molecule is O=C(O)Cc1cccc(-c2ncn(-c3ccc(OC(F)(F)F)cc3)n2)c1. The van der Waals surface area contributed by atoms with Crippen molar-refractivity contribution in [3.05, 3.63) is 60.4 Å². The quantitative estimate of drug-likeness (QED) is 0.751. The molecule has 2 aromatic carbocycles. The number of ether oxygens (including phenoxy) is 1. The van der Waals surface area contributed by atoms with Gasteiger partial charge in [0.05, 0.1) is 12.1 Å². The number of aliphatic carboxylic acids is 1. The fourth-order valence-corrected chi connectivity index (χ4v) is 2.32. The minimum absolute atomic E-state index is 0.116. The smallest absolute Gasteiger partial charge is 0.481 e. The van der Waals surface area contributed by atoms with Crippen molar-refractivity contribution in [1.82, 2.24) is 14.8 Å². The van der Waals surface area contributed by atoms with E-state index in [1.807, 2.05) is 0 Å². The first-order chi connectivity index (χ1) is 12.3. The van der Waals surface area contributed by atoms with E-state index in [1.54, 1.807) is 24.3 Å². The molecule has 6 nitrogen and oxygen atoms in total. The summed E-state index contributed by atoms with van der Waals surface area (Å²) in [6, 6.07) is 12.0. The van der Waals surface area contributed by atoms with Gasteiger partial charge in [-0.25, -0.2) is 9.67 Å². The summed E-state index contributed by atoms with van der Waals surface area (Å²) in [7, 11) is 0. The third-order valence-corrected chi connectivity index (χ3v) is 3.37. The van der Waals surface area contributed by atoms with Gasteiger partial charge in [-0.2, -0.15) is 0 Å². The van der Waals surface area contributed by atoms with Crippen LogP contribution in [0.3, 0.4) is 0 Å².